The van der Waals surface area contributed by atoms with Crippen molar-refractivity contribution in [2.75, 3.05) is 0 Å². The fourth-order valence-corrected chi connectivity index (χ4v) is 2.80. The van der Waals surface area contributed by atoms with Gasteiger partial charge in [-0.25, -0.2) is 9.98 Å². The first-order chi connectivity index (χ1) is 13.2. The van der Waals surface area contributed by atoms with Gasteiger partial charge in [-0.2, -0.15) is 0 Å². The second-order valence-electron chi connectivity index (χ2n) is 7.35. The van der Waals surface area contributed by atoms with Crippen molar-refractivity contribution in [2.45, 2.75) is 65.0 Å². The van der Waals surface area contributed by atoms with Gasteiger partial charge in [0.2, 0.25) is 0 Å². The molecule has 1 heterocycles. The van der Waals surface area contributed by atoms with Gasteiger partial charge in [-0.15, -0.1) is 11.8 Å². The Hall–Kier alpha value is -2.14. The first-order valence-corrected chi connectivity index (χ1v) is 10.4. The number of hydrogen-bond donors (Lipinski definition) is 1. The molecule has 0 aromatic carbocycles. The molecule has 0 saturated heterocycles. The van der Waals surface area contributed by atoms with Crippen LogP contribution in [-0.2, 0) is 0 Å². The molecule has 1 atom stereocenters. The quantitative estimate of drug-likeness (QED) is 0.241. The van der Waals surface area contributed by atoms with Crippen molar-refractivity contribution in [1.82, 2.24) is 10.3 Å². The number of nitrogens with zero attached hydrogens (tertiary/aromatic N) is 3. The molecule has 0 bridgehead atoms. The van der Waals surface area contributed by atoms with Crippen LogP contribution in [-0.4, -0.2) is 22.8 Å². The summed E-state index contributed by atoms with van der Waals surface area (Å²) in [4.78, 5) is 13.3. The van der Waals surface area contributed by atoms with Crippen molar-refractivity contribution >= 4 is 24.3 Å². The summed E-state index contributed by atoms with van der Waals surface area (Å²) in [5.74, 6) is 1.48. The fraction of sp³-hybridized carbons (Fsp3) is 0.435. The van der Waals surface area contributed by atoms with Gasteiger partial charge in [0.25, 0.3) is 0 Å². The molecule has 5 heteroatoms. The Bertz CT molecular complexity index is 668. The highest BCUT2D eigenvalue weighted by molar-refractivity contribution is 8.00. The molecule has 1 rings (SSSR count). The number of hydrogen-bond acceptors (Lipinski definition) is 4. The molecule has 0 aliphatic rings. The van der Waals surface area contributed by atoms with E-state index in [0.717, 1.165) is 12.2 Å². The lowest BCUT2D eigenvalue weighted by Gasteiger charge is -2.15. The molecule has 0 radical (unpaired) electrons. The van der Waals surface area contributed by atoms with E-state index in [9.17, 15) is 0 Å². The van der Waals surface area contributed by atoms with Gasteiger partial charge < -0.3 is 5.32 Å². The third kappa shape index (κ3) is 15.0. The molecule has 0 aliphatic heterocycles. The first-order valence-electron chi connectivity index (χ1n) is 9.51. The summed E-state index contributed by atoms with van der Waals surface area (Å²) in [7, 11) is 0. The Morgan fingerprint density at radius 3 is 2.39 bits per heavy atom. The third-order valence-corrected chi connectivity index (χ3v) is 4.33. The molecule has 0 fully saturated rings. The van der Waals surface area contributed by atoms with Crippen molar-refractivity contribution in [3.8, 4) is 0 Å². The van der Waals surface area contributed by atoms with Crippen LogP contribution < -0.4 is 5.32 Å². The Balaban J connectivity index is 0.000000540. The van der Waals surface area contributed by atoms with E-state index in [1.807, 2.05) is 69.3 Å². The zero-order valence-electron chi connectivity index (χ0n) is 18.4. The minimum absolute atomic E-state index is 0.258. The Morgan fingerprint density at radius 1 is 1.25 bits per heavy atom. The first kappa shape index (κ1) is 25.9. The Morgan fingerprint density at radius 2 is 1.89 bits per heavy atom. The fourth-order valence-electron chi connectivity index (χ4n) is 1.86. The minimum Gasteiger partial charge on any atom is -0.347 e. The maximum Gasteiger partial charge on any atom is 0.127 e. The van der Waals surface area contributed by atoms with E-state index in [-0.39, 0.29) is 5.41 Å². The van der Waals surface area contributed by atoms with E-state index in [2.05, 4.69) is 72.9 Å². The minimum atomic E-state index is 0.258. The van der Waals surface area contributed by atoms with Crippen LogP contribution in [0.25, 0.3) is 0 Å². The van der Waals surface area contributed by atoms with Crippen molar-refractivity contribution in [2.24, 2.45) is 15.4 Å². The molecule has 28 heavy (non-hydrogen) atoms. The van der Waals surface area contributed by atoms with Crippen molar-refractivity contribution in [3.05, 3.63) is 60.9 Å². The number of aromatic nitrogens is 1. The van der Waals surface area contributed by atoms with Crippen LogP contribution >= 0.6 is 11.8 Å². The molecule has 1 unspecified atom stereocenters. The summed E-state index contributed by atoms with van der Waals surface area (Å²) in [5, 5.41) is 3.65. The van der Waals surface area contributed by atoms with E-state index >= 15 is 0 Å². The third-order valence-electron chi connectivity index (χ3n) is 3.25. The van der Waals surface area contributed by atoms with Crippen LogP contribution in [0.15, 0.2) is 75.7 Å². The summed E-state index contributed by atoms with van der Waals surface area (Å²) in [6.07, 6.45) is 14.7. The number of pyridine rings is 1. The molecule has 0 amide bonds. The highest BCUT2D eigenvalue weighted by Gasteiger charge is 2.08. The lowest BCUT2D eigenvalue weighted by atomic mass is 9.92. The van der Waals surface area contributed by atoms with E-state index in [0.29, 0.717) is 11.1 Å². The largest absolute Gasteiger partial charge is 0.347 e. The van der Waals surface area contributed by atoms with Crippen LogP contribution in [0.1, 0.15) is 54.9 Å². The lowest BCUT2D eigenvalue weighted by molar-refractivity contribution is 0.419. The van der Waals surface area contributed by atoms with E-state index in [1.165, 1.54) is 4.90 Å². The van der Waals surface area contributed by atoms with Gasteiger partial charge in [0.15, 0.2) is 0 Å². The summed E-state index contributed by atoms with van der Waals surface area (Å²) in [5.41, 5.74) is 0.258. The van der Waals surface area contributed by atoms with Crippen LogP contribution in [0.5, 0.6) is 0 Å². The second-order valence-corrected chi connectivity index (χ2v) is 8.80. The lowest BCUT2D eigenvalue weighted by Crippen LogP contribution is -2.08. The molecule has 0 saturated carbocycles. The predicted molar refractivity (Wildman–Crippen MR) is 127 cm³/mol. The van der Waals surface area contributed by atoms with Crippen molar-refractivity contribution in [1.29, 1.82) is 0 Å². The molecule has 1 N–H and O–H groups in total. The number of allylic oxidation sites excluding steroid dienone is 3. The zero-order chi connectivity index (χ0) is 21.4. The molecule has 0 spiro atoms. The van der Waals surface area contributed by atoms with Gasteiger partial charge in [-0.05, 0) is 70.7 Å². The van der Waals surface area contributed by atoms with Gasteiger partial charge in [0.1, 0.15) is 11.7 Å². The standard InChI is InChI=1S/C13H23N3.C10H13NS/c1-7-10-15-12(16-11(2)14-6)8-9-13(3,4)5;1-3-4-9(2)12-10-5-7-11-8-6-10/h7-8,10,15H,6,9H2,1-5H3;3-9H,1-2H3/b10-7+,12-8-,16-11-;4-3-. The highest BCUT2D eigenvalue weighted by atomic mass is 32.2. The molecular formula is C23H36N4S. The topological polar surface area (TPSA) is 49.6 Å². The SMILES string of the molecule is C/C=C\C(C)Sc1ccncc1.C=N/C(C)=N\C(=C/CC(C)(C)C)N/C=C/C. The number of amidine groups is 1. The van der Waals surface area contributed by atoms with Crippen molar-refractivity contribution in [3.63, 3.8) is 0 Å². The number of aliphatic imine (C=N–C) groups is 2. The number of nitrogens with one attached hydrogen (secondary N) is 1. The zero-order valence-corrected chi connectivity index (χ0v) is 19.3. The van der Waals surface area contributed by atoms with E-state index in [1.54, 1.807) is 0 Å². The van der Waals surface area contributed by atoms with Gasteiger partial charge in [0, 0.05) is 22.5 Å². The average Bonchev–Trinajstić information content (AvgIpc) is 2.64. The van der Waals surface area contributed by atoms with Crippen LogP contribution in [0.4, 0.5) is 0 Å². The maximum atomic E-state index is 4.32. The Labute approximate surface area is 176 Å². The predicted octanol–water partition coefficient (Wildman–Crippen LogP) is 6.64. The van der Waals surface area contributed by atoms with E-state index < -0.39 is 0 Å². The molecule has 154 valence electrons. The van der Waals surface area contributed by atoms with Crippen molar-refractivity contribution < 1.29 is 0 Å². The summed E-state index contributed by atoms with van der Waals surface area (Å²) < 4.78 is 0. The summed E-state index contributed by atoms with van der Waals surface area (Å²) in [6, 6.07) is 4.06. The average molecular weight is 401 g/mol. The Kier molecular flexibility index (Phi) is 13.7. The number of rotatable bonds is 7. The van der Waals surface area contributed by atoms with Gasteiger partial charge in [-0.3, -0.25) is 4.98 Å². The molecule has 1 aromatic rings. The van der Waals surface area contributed by atoms with Crippen LogP contribution in [0, 0.1) is 5.41 Å². The smallest absolute Gasteiger partial charge is 0.127 e. The van der Waals surface area contributed by atoms with Gasteiger partial charge in [-0.1, -0.05) is 39.0 Å². The number of thioether (sulfide) groups is 1. The van der Waals surface area contributed by atoms with Gasteiger partial charge in [0.05, 0.1) is 0 Å². The second kappa shape index (κ2) is 14.9. The molecular weight excluding hydrogens is 364 g/mol. The van der Waals surface area contributed by atoms with Crippen LogP contribution in [0.2, 0.25) is 0 Å². The monoisotopic (exact) mass is 400 g/mol. The summed E-state index contributed by atoms with van der Waals surface area (Å²) in [6.45, 7) is 18.0. The molecule has 1 aromatic heterocycles. The normalized spacial score (nSPS) is 14.0. The molecule has 4 nitrogen and oxygen atoms in total. The highest BCUT2D eigenvalue weighted by Crippen LogP contribution is 2.22. The maximum absolute atomic E-state index is 4.32. The van der Waals surface area contributed by atoms with E-state index in [4.69, 9.17) is 0 Å². The summed E-state index contributed by atoms with van der Waals surface area (Å²) >= 11 is 1.84. The van der Waals surface area contributed by atoms with Gasteiger partial charge >= 0.3 is 0 Å². The van der Waals surface area contributed by atoms with Crippen LogP contribution in [0.3, 0.4) is 0 Å². The molecule has 0 aliphatic carbocycles.